The van der Waals surface area contributed by atoms with Gasteiger partial charge in [-0.15, -0.1) is 0 Å². The van der Waals surface area contributed by atoms with Crippen molar-refractivity contribution in [3.05, 3.63) is 36.0 Å². The molecule has 1 aliphatic rings. The van der Waals surface area contributed by atoms with Crippen molar-refractivity contribution in [1.82, 2.24) is 10.5 Å². The lowest BCUT2D eigenvalue weighted by Gasteiger charge is -2.34. The Labute approximate surface area is 147 Å². The summed E-state index contributed by atoms with van der Waals surface area (Å²) < 4.78 is 11.4. The van der Waals surface area contributed by atoms with Crippen molar-refractivity contribution in [2.45, 2.75) is 57.5 Å². The number of aromatic hydroxyl groups is 1. The first-order valence-corrected chi connectivity index (χ1v) is 8.83. The van der Waals surface area contributed by atoms with Gasteiger partial charge in [0.05, 0.1) is 24.0 Å². The summed E-state index contributed by atoms with van der Waals surface area (Å²) in [6.07, 6.45) is 1.57. The van der Waals surface area contributed by atoms with Gasteiger partial charge >= 0.3 is 0 Å². The molecule has 1 aromatic carbocycles. The number of phenolic OH excluding ortho intramolecular Hbond substituents is 1. The smallest absolute Gasteiger partial charge is 0.167 e. The maximum atomic E-state index is 10.1. The van der Waals surface area contributed by atoms with Crippen LogP contribution in [0.1, 0.15) is 32.4 Å². The lowest BCUT2D eigenvalue weighted by molar-refractivity contribution is -0.115. The van der Waals surface area contributed by atoms with Crippen LogP contribution in [0.3, 0.4) is 0 Å². The third kappa shape index (κ3) is 4.81. The molecular weight excluding hydrogens is 320 g/mol. The van der Waals surface area contributed by atoms with E-state index < -0.39 is 6.10 Å². The molecule has 1 fully saturated rings. The van der Waals surface area contributed by atoms with Crippen molar-refractivity contribution in [3.8, 4) is 17.1 Å². The number of hydrogen-bond donors (Lipinski definition) is 3. The molecule has 1 aromatic heterocycles. The molecule has 0 aliphatic carbocycles. The number of phenols is 1. The monoisotopic (exact) mass is 346 g/mol. The van der Waals surface area contributed by atoms with E-state index in [1.165, 1.54) is 0 Å². The van der Waals surface area contributed by atoms with Crippen molar-refractivity contribution in [3.63, 3.8) is 0 Å². The quantitative estimate of drug-likeness (QED) is 0.745. The molecule has 2 heterocycles. The number of rotatable bonds is 6. The predicted octanol–water partition coefficient (Wildman–Crippen LogP) is 2.50. The van der Waals surface area contributed by atoms with Crippen molar-refractivity contribution in [2.24, 2.45) is 0 Å². The van der Waals surface area contributed by atoms with Crippen LogP contribution in [0.5, 0.6) is 5.75 Å². The van der Waals surface area contributed by atoms with Crippen LogP contribution in [0.15, 0.2) is 34.9 Å². The molecule has 3 N–H and O–H groups in total. The summed E-state index contributed by atoms with van der Waals surface area (Å²) in [5.41, 5.74) is 1.60. The number of nitrogens with one attached hydrogen (secondary N) is 1. The second-order valence-corrected chi connectivity index (χ2v) is 6.94. The topological polar surface area (TPSA) is 87.8 Å². The molecule has 25 heavy (non-hydrogen) atoms. The summed E-state index contributed by atoms with van der Waals surface area (Å²) in [5.74, 6) is 0.820. The molecule has 6 heteroatoms. The molecule has 0 bridgehead atoms. The third-order valence-electron chi connectivity index (χ3n) is 4.43. The summed E-state index contributed by atoms with van der Waals surface area (Å²) in [6, 6.07) is 9.13. The molecule has 1 aliphatic heterocycles. The van der Waals surface area contributed by atoms with Crippen molar-refractivity contribution >= 4 is 0 Å². The van der Waals surface area contributed by atoms with Gasteiger partial charge in [0, 0.05) is 30.6 Å². The van der Waals surface area contributed by atoms with Gasteiger partial charge in [-0.2, -0.15) is 0 Å². The van der Waals surface area contributed by atoms with E-state index in [1.807, 2.05) is 12.1 Å². The molecule has 1 saturated heterocycles. The van der Waals surface area contributed by atoms with E-state index in [4.69, 9.17) is 9.26 Å². The van der Waals surface area contributed by atoms with E-state index in [0.29, 0.717) is 24.8 Å². The summed E-state index contributed by atoms with van der Waals surface area (Å²) in [7, 11) is 0. The molecule has 3 atom stereocenters. The Morgan fingerprint density at radius 1 is 1.28 bits per heavy atom. The van der Waals surface area contributed by atoms with Crippen molar-refractivity contribution in [2.75, 3.05) is 6.54 Å². The molecule has 0 amide bonds. The van der Waals surface area contributed by atoms with Crippen molar-refractivity contribution in [1.29, 1.82) is 0 Å². The summed E-state index contributed by atoms with van der Waals surface area (Å²) >= 11 is 0. The van der Waals surface area contributed by atoms with E-state index in [1.54, 1.807) is 18.2 Å². The summed E-state index contributed by atoms with van der Waals surface area (Å²) in [5, 5.41) is 27.1. The zero-order valence-corrected chi connectivity index (χ0v) is 14.7. The number of aliphatic hydroxyl groups is 1. The molecule has 0 saturated carbocycles. The van der Waals surface area contributed by atoms with Crippen LogP contribution in [-0.2, 0) is 11.2 Å². The zero-order chi connectivity index (χ0) is 17.8. The van der Waals surface area contributed by atoms with Gasteiger partial charge in [-0.05, 0) is 25.0 Å². The standard InChI is InChI=1S/C19H26N2O4/c1-12(2)20-11-19-17(23)7-6-16(24-19)9-14-10-18(25-21-14)13-4-3-5-15(22)8-13/h3-5,8,10,12,16-17,19-20,22-23H,6-7,9,11H2,1-2H3/t16-,17-,19+/m0/s1. The summed E-state index contributed by atoms with van der Waals surface area (Å²) in [4.78, 5) is 0. The Morgan fingerprint density at radius 3 is 2.88 bits per heavy atom. The van der Waals surface area contributed by atoms with E-state index >= 15 is 0 Å². The minimum Gasteiger partial charge on any atom is -0.508 e. The second kappa shape index (κ2) is 7.99. The Morgan fingerprint density at radius 2 is 2.12 bits per heavy atom. The number of aliphatic hydroxyl groups excluding tert-OH is 1. The van der Waals surface area contributed by atoms with Gasteiger partial charge in [0.15, 0.2) is 5.76 Å². The zero-order valence-electron chi connectivity index (χ0n) is 14.7. The van der Waals surface area contributed by atoms with Crippen LogP contribution in [0, 0.1) is 0 Å². The number of ether oxygens (including phenoxy) is 1. The fourth-order valence-corrected chi connectivity index (χ4v) is 3.07. The lowest BCUT2D eigenvalue weighted by Crippen LogP contribution is -2.46. The molecule has 6 nitrogen and oxygen atoms in total. The lowest BCUT2D eigenvalue weighted by atomic mass is 9.98. The minimum absolute atomic E-state index is 0.0180. The molecule has 0 spiro atoms. The number of nitrogens with zero attached hydrogens (tertiary/aromatic N) is 1. The SMILES string of the molecule is CC(C)NC[C@H]1O[C@H](Cc2cc(-c3cccc(O)c3)on2)CC[C@@H]1O. The van der Waals surface area contributed by atoms with Crippen LogP contribution >= 0.6 is 0 Å². The minimum atomic E-state index is -0.428. The molecule has 136 valence electrons. The van der Waals surface area contributed by atoms with E-state index in [-0.39, 0.29) is 18.0 Å². The predicted molar refractivity (Wildman–Crippen MR) is 94.3 cm³/mol. The first-order chi connectivity index (χ1) is 12.0. The van der Waals surface area contributed by atoms with Crippen LogP contribution in [0.2, 0.25) is 0 Å². The van der Waals surface area contributed by atoms with Gasteiger partial charge in [0.2, 0.25) is 0 Å². The number of hydrogen-bond acceptors (Lipinski definition) is 6. The fraction of sp³-hybridized carbons (Fsp3) is 0.526. The van der Waals surface area contributed by atoms with E-state index in [0.717, 1.165) is 24.1 Å². The Bertz CT molecular complexity index is 686. The average Bonchev–Trinajstić information content (AvgIpc) is 3.04. The van der Waals surface area contributed by atoms with Gasteiger partial charge in [-0.3, -0.25) is 0 Å². The van der Waals surface area contributed by atoms with Crippen LogP contribution in [0.4, 0.5) is 0 Å². The third-order valence-corrected chi connectivity index (χ3v) is 4.43. The number of benzene rings is 1. The van der Waals surface area contributed by atoms with Gasteiger partial charge in [-0.25, -0.2) is 0 Å². The molecule has 0 unspecified atom stereocenters. The maximum absolute atomic E-state index is 10.1. The molecule has 0 radical (unpaired) electrons. The highest BCUT2D eigenvalue weighted by atomic mass is 16.5. The van der Waals surface area contributed by atoms with Gasteiger partial charge in [-0.1, -0.05) is 31.1 Å². The van der Waals surface area contributed by atoms with Gasteiger partial charge in [0.1, 0.15) is 5.75 Å². The summed E-state index contributed by atoms with van der Waals surface area (Å²) in [6.45, 7) is 4.79. The van der Waals surface area contributed by atoms with Crippen LogP contribution in [0.25, 0.3) is 11.3 Å². The molecule has 2 aromatic rings. The first kappa shape index (κ1) is 17.9. The normalized spacial score (nSPS) is 23.9. The van der Waals surface area contributed by atoms with Crippen molar-refractivity contribution < 1.29 is 19.5 Å². The fourth-order valence-electron chi connectivity index (χ4n) is 3.07. The Balaban J connectivity index is 1.60. The highest BCUT2D eigenvalue weighted by Gasteiger charge is 2.30. The molecular formula is C19H26N2O4. The highest BCUT2D eigenvalue weighted by Crippen LogP contribution is 2.26. The molecule has 3 rings (SSSR count). The Kier molecular flexibility index (Phi) is 5.73. The van der Waals surface area contributed by atoms with Gasteiger partial charge < -0.3 is 24.8 Å². The van der Waals surface area contributed by atoms with Crippen LogP contribution in [-0.4, -0.2) is 46.3 Å². The van der Waals surface area contributed by atoms with E-state index in [2.05, 4.69) is 24.3 Å². The van der Waals surface area contributed by atoms with Crippen LogP contribution < -0.4 is 5.32 Å². The largest absolute Gasteiger partial charge is 0.508 e. The van der Waals surface area contributed by atoms with Gasteiger partial charge in [0.25, 0.3) is 0 Å². The Hall–Kier alpha value is -1.89. The second-order valence-electron chi connectivity index (χ2n) is 6.94. The highest BCUT2D eigenvalue weighted by molar-refractivity contribution is 5.59. The number of aromatic nitrogens is 1. The van der Waals surface area contributed by atoms with E-state index in [9.17, 15) is 10.2 Å². The maximum Gasteiger partial charge on any atom is 0.167 e. The average molecular weight is 346 g/mol. The first-order valence-electron chi connectivity index (χ1n) is 8.83.